The number of hydrogen-bond acceptors (Lipinski definition) is 3. The fraction of sp³-hybridized carbons (Fsp3) is 0.235. The van der Waals surface area contributed by atoms with Crippen molar-refractivity contribution in [1.82, 2.24) is 5.06 Å². The van der Waals surface area contributed by atoms with Crippen molar-refractivity contribution in [2.75, 3.05) is 0 Å². The smallest absolute Gasteiger partial charge is 0.243 e. The number of rotatable bonds is 3. The molecule has 1 N–H and O–H groups in total. The quantitative estimate of drug-likeness (QED) is 0.690. The molecule has 0 aliphatic heterocycles. The first-order valence-corrected chi connectivity index (χ1v) is 7.00. The summed E-state index contributed by atoms with van der Waals surface area (Å²) in [5.74, 6) is 1.22. The molecular formula is C17H17NO3. The Morgan fingerprint density at radius 2 is 1.95 bits per heavy atom. The molecule has 0 aromatic heterocycles. The minimum absolute atomic E-state index is 0.281. The van der Waals surface area contributed by atoms with Gasteiger partial charge in [0.2, 0.25) is 5.91 Å². The molecule has 3 rings (SSSR count). The van der Waals surface area contributed by atoms with Crippen molar-refractivity contribution in [2.24, 2.45) is 0 Å². The van der Waals surface area contributed by atoms with Crippen molar-refractivity contribution >= 4 is 5.91 Å². The molecule has 0 saturated heterocycles. The molecule has 4 nitrogen and oxygen atoms in total. The van der Waals surface area contributed by atoms with E-state index in [0.29, 0.717) is 6.42 Å². The minimum Gasteiger partial charge on any atom is -0.457 e. The van der Waals surface area contributed by atoms with Crippen molar-refractivity contribution in [3.8, 4) is 11.5 Å². The Morgan fingerprint density at radius 1 is 1.19 bits per heavy atom. The highest BCUT2D eigenvalue weighted by molar-refractivity contribution is 5.72. The highest BCUT2D eigenvalue weighted by Gasteiger charge is 2.30. The molecule has 1 aliphatic rings. The maximum atomic E-state index is 11.4. The number of nitrogens with zero attached hydrogens (tertiary/aromatic N) is 1. The first-order valence-electron chi connectivity index (χ1n) is 7.00. The normalized spacial score (nSPS) is 16.4. The average molecular weight is 283 g/mol. The zero-order valence-corrected chi connectivity index (χ0v) is 11.8. The highest BCUT2D eigenvalue weighted by atomic mass is 16.5. The Kier molecular flexibility index (Phi) is 3.62. The van der Waals surface area contributed by atoms with Crippen LogP contribution in [0.4, 0.5) is 0 Å². The van der Waals surface area contributed by atoms with Crippen LogP contribution in [-0.2, 0) is 11.2 Å². The predicted octanol–water partition coefficient (Wildman–Crippen LogP) is 3.70. The van der Waals surface area contributed by atoms with Gasteiger partial charge < -0.3 is 4.74 Å². The summed E-state index contributed by atoms with van der Waals surface area (Å²) < 4.78 is 5.92. The third kappa shape index (κ3) is 2.62. The first-order chi connectivity index (χ1) is 10.2. The first kappa shape index (κ1) is 13.6. The van der Waals surface area contributed by atoms with Gasteiger partial charge in [-0.25, -0.2) is 5.06 Å². The van der Waals surface area contributed by atoms with Gasteiger partial charge in [0.05, 0.1) is 6.04 Å². The van der Waals surface area contributed by atoms with E-state index in [4.69, 9.17) is 4.74 Å². The van der Waals surface area contributed by atoms with Crippen LogP contribution < -0.4 is 4.74 Å². The SMILES string of the molecule is CC(=O)N(O)C1CCc2c(Oc3ccccc3)cccc21. The lowest BCUT2D eigenvalue weighted by Gasteiger charge is -2.21. The van der Waals surface area contributed by atoms with E-state index in [1.54, 1.807) is 0 Å². The number of benzene rings is 2. The summed E-state index contributed by atoms with van der Waals surface area (Å²) in [5, 5.41) is 10.7. The molecule has 1 amide bonds. The van der Waals surface area contributed by atoms with E-state index < -0.39 is 0 Å². The van der Waals surface area contributed by atoms with Crippen LogP contribution in [0, 0.1) is 0 Å². The number of carbonyl (C=O) groups excluding carboxylic acids is 1. The molecular weight excluding hydrogens is 266 g/mol. The Bertz CT molecular complexity index is 654. The van der Waals surface area contributed by atoms with Gasteiger partial charge in [0.1, 0.15) is 11.5 Å². The van der Waals surface area contributed by atoms with E-state index in [0.717, 1.165) is 34.1 Å². The molecule has 0 heterocycles. The molecule has 21 heavy (non-hydrogen) atoms. The molecule has 0 saturated carbocycles. The maximum absolute atomic E-state index is 11.4. The standard InChI is InChI=1S/C17H17NO3/c1-12(19)18(20)16-11-10-15-14(16)8-5-9-17(15)21-13-6-3-2-4-7-13/h2-9,16,20H,10-11H2,1H3. The summed E-state index contributed by atoms with van der Waals surface area (Å²) in [6.07, 6.45) is 1.49. The molecule has 1 unspecified atom stereocenters. The maximum Gasteiger partial charge on any atom is 0.243 e. The van der Waals surface area contributed by atoms with Crippen LogP contribution in [-0.4, -0.2) is 16.2 Å². The molecule has 108 valence electrons. The Labute approximate surface area is 123 Å². The van der Waals surface area contributed by atoms with Gasteiger partial charge in [-0.3, -0.25) is 10.0 Å². The van der Waals surface area contributed by atoms with Crippen molar-refractivity contribution < 1.29 is 14.7 Å². The number of carbonyl (C=O) groups is 1. The fourth-order valence-electron chi connectivity index (χ4n) is 2.78. The summed E-state index contributed by atoms with van der Waals surface area (Å²) in [6.45, 7) is 1.36. The molecule has 1 aliphatic carbocycles. The lowest BCUT2D eigenvalue weighted by Crippen LogP contribution is -2.28. The lowest BCUT2D eigenvalue weighted by atomic mass is 10.1. The van der Waals surface area contributed by atoms with Crippen LogP contribution >= 0.6 is 0 Å². The van der Waals surface area contributed by atoms with E-state index in [1.165, 1.54) is 6.92 Å². The van der Waals surface area contributed by atoms with Crippen LogP contribution in [0.1, 0.15) is 30.5 Å². The predicted molar refractivity (Wildman–Crippen MR) is 78.3 cm³/mol. The summed E-state index contributed by atoms with van der Waals surface area (Å²) in [4.78, 5) is 11.4. The molecule has 0 bridgehead atoms. The number of fused-ring (bicyclic) bond motifs is 1. The summed E-state index contributed by atoms with van der Waals surface area (Å²) in [6, 6.07) is 15.1. The van der Waals surface area contributed by atoms with Crippen LogP contribution in [0.2, 0.25) is 0 Å². The number of amides is 1. The van der Waals surface area contributed by atoms with Gasteiger partial charge in [0.25, 0.3) is 0 Å². The van der Waals surface area contributed by atoms with E-state index in [2.05, 4.69) is 0 Å². The lowest BCUT2D eigenvalue weighted by molar-refractivity contribution is -0.173. The van der Waals surface area contributed by atoms with E-state index in [-0.39, 0.29) is 11.9 Å². The van der Waals surface area contributed by atoms with Gasteiger partial charge >= 0.3 is 0 Å². The molecule has 2 aromatic carbocycles. The third-order valence-corrected chi connectivity index (χ3v) is 3.78. The van der Waals surface area contributed by atoms with Gasteiger partial charge in [-0.05, 0) is 36.6 Å². The van der Waals surface area contributed by atoms with Crippen molar-refractivity contribution in [3.63, 3.8) is 0 Å². The Balaban J connectivity index is 1.91. The molecule has 0 spiro atoms. The second-order valence-corrected chi connectivity index (χ2v) is 5.16. The number of hydrogen-bond donors (Lipinski definition) is 1. The van der Waals surface area contributed by atoms with Gasteiger partial charge in [-0.15, -0.1) is 0 Å². The van der Waals surface area contributed by atoms with Crippen molar-refractivity contribution in [2.45, 2.75) is 25.8 Å². The van der Waals surface area contributed by atoms with Crippen LogP contribution in [0.5, 0.6) is 11.5 Å². The Morgan fingerprint density at radius 3 is 2.67 bits per heavy atom. The molecule has 1 atom stereocenters. The van der Waals surface area contributed by atoms with Crippen LogP contribution in [0.3, 0.4) is 0 Å². The molecule has 2 aromatic rings. The number of para-hydroxylation sites is 1. The van der Waals surface area contributed by atoms with E-state index in [9.17, 15) is 10.0 Å². The average Bonchev–Trinajstić information content (AvgIpc) is 2.92. The Hall–Kier alpha value is -2.33. The molecule has 0 fully saturated rings. The highest BCUT2D eigenvalue weighted by Crippen LogP contribution is 2.40. The van der Waals surface area contributed by atoms with E-state index in [1.807, 2.05) is 48.5 Å². The summed E-state index contributed by atoms with van der Waals surface area (Å²) >= 11 is 0. The molecule has 0 radical (unpaired) electrons. The van der Waals surface area contributed by atoms with E-state index >= 15 is 0 Å². The second kappa shape index (κ2) is 5.58. The summed E-state index contributed by atoms with van der Waals surface area (Å²) in [5.41, 5.74) is 2.02. The minimum atomic E-state index is -0.345. The largest absolute Gasteiger partial charge is 0.457 e. The van der Waals surface area contributed by atoms with Crippen LogP contribution in [0.25, 0.3) is 0 Å². The van der Waals surface area contributed by atoms with Gasteiger partial charge in [0.15, 0.2) is 0 Å². The van der Waals surface area contributed by atoms with Gasteiger partial charge in [0, 0.05) is 12.5 Å². The van der Waals surface area contributed by atoms with Crippen LogP contribution in [0.15, 0.2) is 48.5 Å². The van der Waals surface area contributed by atoms with Gasteiger partial charge in [-0.2, -0.15) is 0 Å². The van der Waals surface area contributed by atoms with Crippen molar-refractivity contribution in [3.05, 3.63) is 59.7 Å². The zero-order valence-electron chi connectivity index (χ0n) is 11.8. The third-order valence-electron chi connectivity index (χ3n) is 3.78. The summed E-state index contributed by atoms with van der Waals surface area (Å²) in [7, 11) is 0. The number of ether oxygens (including phenoxy) is 1. The second-order valence-electron chi connectivity index (χ2n) is 5.16. The monoisotopic (exact) mass is 283 g/mol. The fourth-order valence-corrected chi connectivity index (χ4v) is 2.78. The molecule has 4 heteroatoms. The number of hydroxylamine groups is 2. The zero-order chi connectivity index (χ0) is 14.8. The van der Waals surface area contributed by atoms with Gasteiger partial charge in [-0.1, -0.05) is 30.3 Å². The topological polar surface area (TPSA) is 49.8 Å². The van der Waals surface area contributed by atoms with Crippen molar-refractivity contribution in [1.29, 1.82) is 0 Å².